The number of aryl methyl sites for hydroxylation is 1. The van der Waals surface area contributed by atoms with E-state index in [0.717, 1.165) is 36.9 Å². The van der Waals surface area contributed by atoms with Crippen LogP contribution in [0, 0.1) is 11.7 Å². The summed E-state index contributed by atoms with van der Waals surface area (Å²) < 4.78 is 39.9. The summed E-state index contributed by atoms with van der Waals surface area (Å²) in [4.78, 5) is 4.62. The van der Waals surface area contributed by atoms with Crippen LogP contribution in [0.1, 0.15) is 47.8 Å². The zero-order valence-corrected chi connectivity index (χ0v) is 21.3. The average molecular weight is 486 g/mol. The minimum absolute atomic E-state index is 0.0230. The van der Waals surface area contributed by atoms with Crippen molar-refractivity contribution in [1.29, 1.82) is 0 Å². The third-order valence-electron chi connectivity index (χ3n) is 8.43. The number of benzene rings is 2. The Balaban J connectivity index is 1.31. The van der Waals surface area contributed by atoms with Crippen molar-refractivity contribution in [2.75, 3.05) is 51.4 Å². The third kappa shape index (κ3) is 4.50. The molecule has 0 radical (unpaired) electrons. The van der Waals surface area contributed by atoms with E-state index in [0.29, 0.717) is 50.0 Å². The maximum absolute atomic E-state index is 14.7. The van der Waals surface area contributed by atoms with Crippen LogP contribution in [0.4, 0.5) is 10.1 Å². The van der Waals surface area contributed by atoms with E-state index in [-0.39, 0.29) is 5.82 Å². The molecule has 1 aliphatic heterocycles. The van der Waals surface area contributed by atoms with Crippen LogP contribution in [0.5, 0.6) is 0 Å². The van der Waals surface area contributed by atoms with Gasteiger partial charge in [0.25, 0.3) is 0 Å². The highest BCUT2D eigenvalue weighted by atomic mass is 32.2. The molecule has 0 amide bonds. The number of fused-ring (bicyclic) bond motifs is 1. The van der Waals surface area contributed by atoms with E-state index in [4.69, 9.17) is 0 Å². The van der Waals surface area contributed by atoms with Gasteiger partial charge in [0.1, 0.15) is 5.82 Å². The lowest BCUT2D eigenvalue weighted by atomic mass is 9.84. The fraction of sp³-hybridized carbons (Fsp3) is 0.556. The Bertz CT molecular complexity index is 1130. The van der Waals surface area contributed by atoms with Crippen molar-refractivity contribution in [3.05, 3.63) is 65.0 Å². The van der Waals surface area contributed by atoms with Gasteiger partial charge in [-0.15, -0.1) is 0 Å². The predicted molar refractivity (Wildman–Crippen MR) is 135 cm³/mol. The Kier molecular flexibility index (Phi) is 6.46. The molecule has 2 aromatic carbocycles. The molecule has 184 valence electrons. The summed E-state index contributed by atoms with van der Waals surface area (Å²) in [6.07, 6.45) is 5.53. The summed E-state index contributed by atoms with van der Waals surface area (Å²) in [6.45, 7) is 2.50. The predicted octanol–water partition coefficient (Wildman–Crippen LogP) is 4.06. The molecule has 5 nitrogen and oxygen atoms in total. The van der Waals surface area contributed by atoms with Gasteiger partial charge in [0.15, 0.2) is 0 Å². The number of piperazine rings is 1. The van der Waals surface area contributed by atoms with E-state index in [9.17, 15) is 12.8 Å². The first kappa shape index (κ1) is 23.8. The number of rotatable bonds is 5. The molecule has 0 N–H and O–H groups in total. The van der Waals surface area contributed by atoms with Gasteiger partial charge in [0.05, 0.1) is 6.26 Å². The third-order valence-corrected chi connectivity index (χ3v) is 9.73. The van der Waals surface area contributed by atoms with Gasteiger partial charge in [-0.3, -0.25) is 0 Å². The van der Waals surface area contributed by atoms with E-state index in [1.54, 1.807) is 10.4 Å². The van der Waals surface area contributed by atoms with Crippen molar-refractivity contribution in [3.8, 4) is 0 Å². The fourth-order valence-electron chi connectivity index (χ4n) is 6.66. The van der Waals surface area contributed by atoms with Crippen LogP contribution in [0.3, 0.4) is 0 Å². The minimum Gasteiger partial charge on any atom is -0.369 e. The molecule has 2 aliphatic carbocycles. The van der Waals surface area contributed by atoms with Gasteiger partial charge in [-0.25, -0.2) is 12.8 Å². The number of halogens is 1. The number of sulfonamides is 1. The second-order valence-corrected chi connectivity index (χ2v) is 12.5. The lowest BCUT2D eigenvalue weighted by Gasteiger charge is -2.35. The Labute approximate surface area is 203 Å². The minimum atomic E-state index is -3.12. The molecule has 5 rings (SSSR count). The molecule has 4 atom stereocenters. The van der Waals surface area contributed by atoms with Crippen molar-refractivity contribution < 1.29 is 12.8 Å². The molecular weight excluding hydrogens is 449 g/mol. The van der Waals surface area contributed by atoms with Crippen LogP contribution in [-0.4, -0.2) is 70.2 Å². The highest BCUT2D eigenvalue weighted by molar-refractivity contribution is 7.88. The van der Waals surface area contributed by atoms with Gasteiger partial charge in [-0.1, -0.05) is 24.3 Å². The van der Waals surface area contributed by atoms with Crippen LogP contribution in [0.25, 0.3) is 0 Å². The first-order valence-corrected chi connectivity index (χ1v) is 14.3. The summed E-state index contributed by atoms with van der Waals surface area (Å²) in [7, 11) is 1.21. The fourth-order valence-corrected chi connectivity index (χ4v) is 7.49. The second-order valence-electron chi connectivity index (χ2n) is 10.6. The lowest BCUT2D eigenvalue weighted by Crippen LogP contribution is -2.48. The maximum Gasteiger partial charge on any atom is 0.211 e. The Hall–Kier alpha value is -1.96. The quantitative estimate of drug-likeness (QED) is 0.641. The van der Waals surface area contributed by atoms with Crippen molar-refractivity contribution in [2.24, 2.45) is 5.92 Å². The smallest absolute Gasteiger partial charge is 0.211 e. The molecule has 3 aliphatic rings. The highest BCUT2D eigenvalue weighted by Gasteiger charge is 2.42. The van der Waals surface area contributed by atoms with E-state index in [1.807, 2.05) is 6.07 Å². The lowest BCUT2D eigenvalue weighted by molar-refractivity contribution is 0.267. The monoisotopic (exact) mass is 485 g/mol. The first-order valence-electron chi connectivity index (χ1n) is 12.5. The zero-order chi connectivity index (χ0) is 24.0. The molecule has 2 fully saturated rings. The molecule has 7 heteroatoms. The Morgan fingerprint density at radius 3 is 2.29 bits per heavy atom. The van der Waals surface area contributed by atoms with E-state index in [1.165, 1.54) is 17.4 Å². The van der Waals surface area contributed by atoms with Crippen molar-refractivity contribution >= 4 is 15.7 Å². The van der Waals surface area contributed by atoms with Gasteiger partial charge < -0.3 is 9.80 Å². The standard InChI is InChI=1S/C27H36FN3O2S/c1-29(2)26-18-21(23-12-9-20-5-4-6-25(28)27(20)23)17-24(26)19-7-10-22(11-8-19)30-13-15-31(16-14-30)34(3,32)33/h4-8,10-11,21,23-24,26H,9,12-18H2,1-3H3/t21?,23?,24-,26+/m1/s1. The number of hydrogen-bond donors (Lipinski definition) is 0. The topological polar surface area (TPSA) is 43.9 Å². The molecule has 1 heterocycles. The van der Waals surface area contributed by atoms with Gasteiger partial charge in [0, 0.05) is 37.9 Å². The Morgan fingerprint density at radius 2 is 1.65 bits per heavy atom. The average Bonchev–Trinajstić information content (AvgIpc) is 3.44. The van der Waals surface area contributed by atoms with Crippen LogP contribution >= 0.6 is 0 Å². The van der Waals surface area contributed by atoms with E-state index < -0.39 is 10.0 Å². The normalized spacial score (nSPS) is 28.0. The number of likely N-dealkylation sites (N-methyl/N-ethyl adjacent to an activating group) is 1. The number of hydrogen-bond acceptors (Lipinski definition) is 4. The molecular formula is C27H36FN3O2S. The highest BCUT2D eigenvalue weighted by Crippen LogP contribution is 2.51. The van der Waals surface area contributed by atoms with Crippen LogP contribution < -0.4 is 4.90 Å². The molecule has 0 aromatic heterocycles. The molecule has 1 saturated carbocycles. The summed E-state index contributed by atoms with van der Waals surface area (Å²) in [5.41, 5.74) is 4.69. The van der Waals surface area contributed by atoms with Gasteiger partial charge in [-0.2, -0.15) is 4.31 Å². The molecule has 34 heavy (non-hydrogen) atoms. The molecule has 0 bridgehead atoms. The van der Waals surface area contributed by atoms with E-state index in [2.05, 4.69) is 54.2 Å². The first-order chi connectivity index (χ1) is 16.2. The summed E-state index contributed by atoms with van der Waals surface area (Å²) in [5, 5.41) is 0. The maximum atomic E-state index is 14.7. The number of nitrogens with zero attached hydrogens (tertiary/aromatic N) is 3. The molecule has 1 saturated heterocycles. The molecule has 0 spiro atoms. The van der Waals surface area contributed by atoms with Crippen molar-refractivity contribution in [2.45, 2.75) is 43.6 Å². The largest absolute Gasteiger partial charge is 0.369 e. The van der Waals surface area contributed by atoms with Crippen molar-refractivity contribution in [3.63, 3.8) is 0 Å². The van der Waals surface area contributed by atoms with Crippen LogP contribution in [0.2, 0.25) is 0 Å². The van der Waals surface area contributed by atoms with Gasteiger partial charge in [-0.05, 0) is 92.4 Å². The van der Waals surface area contributed by atoms with Gasteiger partial charge in [0.2, 0.25) is 10.0 Å². The molecule has 2 unspecified atom stereocenters. The SMILES string of the molecule is CN(C)[C@H]1CC(C2CCc3cccc(F)c32)C[C@@H]1c1ccc(N2CCN(S(C)(=O)=O)CC2)cc1. The van der Waals surface area contributed by atoms with E-state index >= 15 is 0 Å². The van der Waals surface area contributed by atoms with Crippen molar-refractivity contribution in [1.82, 2.24) is 9.21 Å². The Morgan fingerprint density at radius 1 is 0.941 bits per heavy atom. The van der Waals surface area contributed by atoms with Crippen LogP contribution in [-0.2, 0) is 16.4 Å². The summed E-state index contributed by atoms with van der Waals surface area (Å²) in [6, 6.07) is 14.9. The number of anilines is 1. The summed E-state index contributed by atoms with van der Waals surface area (Å²) >= 11 is 0. The van der Waals surface area contributed by atoms with Gasteiger partial charge >= 0.3 is 0 Å². The second kappa shape index (κ2) is 9.25. The molecule has 2 aromatic rings. The van der Waals surface area contributed by atoms with Crippen LogP contribution in [0.15, 0.2) is 42.5 Å². The zero-order valence-electron chi connectivity index (χ0n) is 20.5. The summed E-state index contributed by atoms with van der Waals surface area (Å²) in [5.74, 6) is 1.24.